The van der Waals surface area contributed by atoms with Gasteiger partial charge in [-0.1, -0.05) is 11.3 Å². The van der Waals surface area contributed by atoms with Gasteiger partial charge in [0.25, 0.3) is 0 Å². The number of aliphatic hydroxyl groups is 1. The van der Waals surface area contributed by atoms with Crippen molar-refractivity contribution in [2.24, 2.45) is 0 Å². The van der Waals surface area contributed by atoms with Gasteiger partial charge in [-0.05, 0) is 26.0 Å². The molecule has 0 aliphatic rings. The van der Waals surface area contributed by atoms with E-state index in [9.17, 15) is 5.11 Å². The second-order valence-electron chi connectivity index (χ2n) is 4.85. The molecule has 0 saturated carbocycles. The van der Waals surface area contributed by atoms with Crippen molar-refractivity contribution in [3.63, 3.8) is 0 Å². The van der Waals surface area contributed by atoms with Gasteiger partial charge in [-0.25, -0.2) is 4.68 Å². The number of hydrogen-bond donors (Lipinski definition) is 1. The molecule has 96 valence electrons. The van der Waals surface area contributed by atoms with Crippen LogP contribution in [0.2, 0.25) is 0 Å². The smallest absolute Gasteiger partial charge is 0.121 e. The lowest BCUT2D eigenvalue weighted by Gasteiger charge is -2.13. The van der Waals surface area contributed by atoms with Crippen molar-refractivity contribution in [1.29, 1.82) is 0 Å². The fourth-order valence-corrected chi connectivity index (χ4v) is 1.70. The summed E-state index contributed by atoms with van der Waals surface area (Å²) in [5, 5.41) is 17.8. The van der Waals surface area contributed by atoms with Crippen LogP contribution in [0.3, 0.4) is 0 Å². The second-order valence-corrected chi connectivity index (χ2v) is 4.85. The molecule has 0 unspecified atom stereocenters. The highest BCUT2D eigenvalue weighted by molar-refractivity contribution is 5.38. The van der Waals surface area contributed by atoms with Crippen LogP contribution in [0.1, 0.15) is 19.5 Å². The second kappa shape index (κ2) is 4.78. The van der Waals surface area contributed by atoms with Crippen molar-refractivity contribution in [1.82, 2.24) is 15.0 Å². The minimum atomic E-state index is -0.782. The third-order valence-corrected chi connectivity index (χ3v) is 2.47. The van der Waals surface area contributed by atoms with Gasteiger partial charge in [-0.15, -0.1) is 5.10 Å². The SMILES string of the molecule is COc1cccc(-n2cc(CC(C)(C)O)nn2)c1. The van der Waals surface area contributed by atoms with Crippen LogP contribution in [0.5, 0.6) is 5.75 Å². The summed E-state index contributed by atoms with van der Waals surface area (Å²) in [5.41, 5.74) is 0.851. The quantitative estimate of drug-likeness (QED) is 0.891. The maximum atomic E-state index is 9.74. The van der Waals surface area contributed by atoms with Gasteiger partial charge in [-0.3, -0.25) is 0 Å². The highest BCUT2D eigenvalue weighted by atomic mass is 16.5. The van der Waals surface area contributed by atoms with Gasteiger partial charge < -0.3 is 9.84 Å². The zero-order chi connectivity index (χ0) is 13.2. The Hall–Kier alpha value is -1.88. The summed E-state index contributed by atoms with van der Waals surface area (Å²) in [6, 6.07) is 7.57. The standard InChI is InChI=1S/C13H17N3O2/c1-13(2,17)8-10-9-16(15-14-10)11-5-4-6-12(7-11)18-3/h4-7,9,17H,8H2,1-3H3. The Morgan fingerprint density at radius 2 is 2.17 bits per heavy atom. The summed E-state index contributed by atoms with van der Waals surface area (Å²) in [5.74, 6) is 0.770. The van der Waals surface area contributed by atoms with Gasteiger partial charge in [0.15, 0.2) is 0 Å². The van der Waals surface area contributed by atoms with E-state index < -0.39 is 5.60 Å². The first kappa shape index (κ1) is 12.6. The molecule has 18 heavy (non-hydrogen) atoms. The number of aromatic nitrogens is 3. The topological polar surface area (TPSA) is 60.2 Å². The average molecular weight is 247 g/mol. The monoisotopic (exact) mass is 247 g/mol. The van der Waals surface area contributed by atoms with E-state index in [4.69, 9.17) is 4.74 Å². The number of benzene rings is 1. The van der Waals surface area contributed by atoms with Crippen LogP contribution < -0.4 is 4.74 Å². The predicted molar refractivity (Wildman–Crippen MR) is 67.9 cm³/mol. The highest BCUT2D eigenvalue weighted by Gasteiger charge is 2.16. The largest absolute Gasteiger partial charge is 0.497 e. The molecule has 0 bridgehead atoms. The summed E-state index contributed by atoms with van der Waals surface area (Å²) < 4.78 is 6.83. The van der Waals surface area contributed by atoms with E-state index in [0.29, 0.717) is 6.42 Å². The highest BCUT2D eigenvalue weighted by Crippen LogP contribution is 2.16. The van der Waals surface area contributed by atoms with E-state index in [1.807, 2.05) is 30.5 Å². The lowest BCUT2D eigenvalue weighted by molar-refractivity contribution is 0.0799. The molecule has 1 aromatic heterocycles. The number of ether oxygens (including phenoxy) is 1. The molecule has 5 nitrogen and oxygen atoms in total. The summed E-state index contributed by atoms with van der Waals surface area (Å²) in [6.45, 7) is 3.50. The van der Waals surface area contributed by atoms with Crippen LogP contribution in [0, 0.1) is 0 Å². The van der Waals surface area contributed by atoms with Crippen molar-refractivity contribution >= 4 is 0 Å². The lowest BCUT2D eigenvalue weighted by Crippen LogP contribution is -2.22. The molecule has 2 aromatic rings. The zero-order valence-electron chi connectivity index (χ0n) is 10.8. The first-order valence-electron chi connectivity index (χ1n) is 5.76. The molecule has 0 fully saturated rings. The van der Waals surface area contributed by atoms with Crippen molar-refractivity contribution in [3.05, 3.63) is 36.2 Å². The van der Waals surface area contributed by atoms with Crippen LogP contribution in [0.4, 0.5) is 0 Å². The van der Waals surface area contributed by atoms with E-state index >= 15 is 0 Å². The normalized spacial score (nSPS) is 11.6. The Balaban J connectivity index is 2.23. The Morgan fingerprint density at radius 3 is 2.83 bits per heavy atom. The molecule has 2 rings (SSSR count). The molecular formula is C13H17N3O2. The molecule has 1 aromatic carbocycles. The first-order valence-corrected chi connectivity index (χ1v) is 5.76. The number of nitrogens with zero attached hydrogens (tertiary/aromatic N) is 3. The van der Waals surface area contributed by atoms with E-state index in [-0.39, 0.29) is 0 Å². The molecular weight excluding hydrogens is 230 g/mol. The van der Waals surface area contributed by atoms with Crippen LogP contribution in [0.15, 0.2) is 30.5 Å². The van der Waals surface area contributed by atoms with E-state index in [0.717, 1.165) is 17.1 Å². The Labute approximate surface area is 106 Å². The number of hydrogen-bond acceptors (Lipinski definition) is 4. The summed E-state index contributed by atoms with van der Waals surface area (Å²) >= 11 is 0. The van der Waals surface area contributed by atoms with Crippen LogP contribution in [0.25, 0.3) is 5.69 Å². The van der Waals surface area contributed by atoms with Crippen molar-refractivity contribution in [2.75, 3.05) is 7.11 Å². The van der Waals surface area contributed by atoms with E-state index in [1.54, 1.807) is 25.6 Å². The third kappa shape index (κ3) is 3.07. The molecule has 1 heterocycles. The third-order valence-electron chi connectivity index (χ3n) is 2.47. The zero-order valence-corrected chi connectivity index (χ0v) is 10.8. The molecule has 0 atom stereocenters. The fraction of sp³-hybridized carbons (Fsp3) is 0.385. The first-order chi connectivity index (χ1) is 8.48. The summed E-state index contributed by atoms with van der Waals surface area (Å²) in [6.07, 6.45) is 2.28. The maximum absolute atomic E-state index is 9.74. The van der Waals surface area contributed by atoms with Gasteiger partial charge in [0, 0.05) is 12.5 Å². The molecule has 0 radical (unpaired) electrons. The molecule has 0 aliphatic carbocycles. The summed E-state index contributed by atoms with van der Waals surface area (Å²) in [7, 11) is 1.63. The minimum absolute atomic E-state index is 0.469. The number of rotatable bonds is 4. The Kier molecular flexibility index (Phi) is 3.34. The molecule has 0 amide bonds. The van der Waals surface area contributed by atoms with Crippen LogP contribution in [-0.2, 0) is 6.42 Å². The van der Waals surface area contributed by atoms with Gasteiger partial charge in [0.2, 0.25) is 0 Å². The van der Waals surface area contributed by atoms with Crippen molar-refractivity contribution < 1.29 is 9.84 Å². The lowest BCUT2D eigenvalue weighted by atomic mass is 10.0. The summed E-state index contributed by atoms with van der Waals surface area (Å²) in [4.78, 5) is 0. The predicted octanol–water partition coefficient (Wildman–Crippen LogP) is 1.59. The molecule has 0 aliphatic heterocycles. The molecule has 0 saturated heterocycles. The Morgan fingerprint density at radius 1 is 1.39 bits per heavy atom. The van der Waals surface area contributed by atoms with Gasteiger partial charge >= 0.3 is 0 Å². The molecule has 5 heteroatoms. The van der Waals surface area contributed by atoms with Crippen LogP contribution >= 0.6 is 0 Å². The Bertz CT molecular complexity index is 529. The van der Waals surface area contributed by atoms with E-state index in [2.05, 4.69) is 10.3 Å². The fourth-order valence-electron chi connectivity index (χ4n) is 1.70. The van der Waals surface area contributed by atoms with Crippen molar-refractivity contribution in [2.45, 2.75) is 25.9 Å². The maximum Gasteiger partial charge on any atom is 0.121 e. The average Bonchev–Trinajstić information content (AvgIpc) is 2.75. The van der Waals surface area contributed by atoms with Crippen molar-refractivity contribution in [3.8, 4) is 11.4 Å². The minimum Gasteiger partial charge on any atom is -0.497 e. The van der Waals surface area contributed by atoms with Gasteiger partial charge in [0.1, 0.15) is 5.75 Å². The van der Waals surface area contributed by atoms with Gasteiger partial charge in [0.05, 0.1) is 30.3 Å². The van der Waals surface area contributed by atoms with Crippen LogP contribution in [-0.4, -0.2) is 32.8 Å². The van der Waals surface area contributed by atoms with Gasteiger partial charge in [-0.2, -0.15) is 0 Å². The van der Waals surface area contributed by atoms with E-state index in [1.165, 1.54) is 0 Å². The molecule has 0 spiro atoms. The number of methoxy groups -OCH3 is 1. The molecule has 1 N–H and O–H groups in total.